The summed E-state index contributed by atoms with van der Waals surface area (Å²) in [4.78, 5) is 7.17. The van der Waals surface area contributed by atoms with Crippen molar-refractivity contribution in [3.8, 4) is 11.4 Å². The van der Waals surface area contributed by atoms with Crippen molar-refractivity contribution < 1.29 is 0 Å². The maximum absolute atomic E-state index is 4.58. The molecule has 4 heterocycles. The molecule has 1 aliphatic heterocycles. The second-order valence-corrected chi connectivity index (χ2v) is 9.30. The summed E-state index contributed by atoms with van der Waals surface area (Å²) in [6.07, 6.45) is 6.37. The topological polar surface area (TPSA) is 71.8 Å². The molecule has 1 unspecified atom stereocenters. The Hall–Kier alpha value is -2.80. The Bertz CT molecular complexity index is 1010. The zero-order valence-corrected chi connectivity index (χ0v) is 18.6. The maximum atomic E-state index is 4.58. The molecule has 3 atom stereocenters. The molecule has 0 aromatic carbocycles. The number of likely N-dealkylation sites (tertiary alicyclic amines) is 1. The lowest BCUT2D eigenvalue weighted by atomic mass is 10.0. The molecule has 2 fully saturated rings. The first-order chi connectivity index (χ1) is 15.1. The van der Waals surface area contributed by atoms with E-state index in [2.05, 4.69) is 43.5 Å². The first-order valence-corrected chi connectivity index (χ1v) is 11.3. The van der Waals surface area contributed by atoms with Crippen LogP contribution in [0.3, 0.4) is 0 Å². The highest BCUT2D eigenvalue weighted by Crippen LogP contribution is 2.42. The van der Waals surface area contributed by atoms with Crippen LogP contribution in [-0.2, 0) is 13.6 Å². The Morgan fingerprint density at radius 3 is 2.48 bits per heavy atom. The molecule has 0 spiro atoms. The Labute approximate surface area is 183 Å². The van der Waals surface area contributed by atoms with E-state index in [0.717, 1.165) is 53.6 Å². The third-order valence-electron chi connectivity index (χ3n) is 7.02. The first-order valence-electron chi connectivity index (χ1n) is 11.3. The number of aryl methyl sites for hydroxylation is 3. The number of aromatic nitrogens is 5. The van der Waals surface area contributed by atoms with E-state index in [1.54, 1.807) is 0 Å². The molecule has 3 aromatic heterocycles. The minimum Gasteiger partial charge on any atom is -0.368 e. The van der Waals surface area contributed by atoms with E-state index in [9.17, 15) is 0 Å². The summed E-state index contributed by atoms with van der Waals surface area (Å²) in [7, 11) is 1.94. The molecule has 0 bridgehead atoms. The molecule has 3 aromatic rings. The number of fused-ring (bicyclic) bond motifs is 1. The van der Waals surface area contributed by atoms with Crippen LogP contribution in [0.25, 0.3) is 11.4 Å². The molecule has 1 saturated carbocycles. The summed E-state index contributed by atoms with van der Waals surface area (Å²) in [5.74, 6) is 3.21. The summed E-state index contributed by atoms with van der Waals surface area (Å²) in [5, 5.41) is 16.6. The van der Waals surface area contributed by atoms with E-state index in [1.807, 2.05) is 49.2 Å². The Kier molecular flexibility index (Phi) is 5.44. The molecule has 162 valence electrons. The largest absolute Gasteiger partial charge is 0.368 e. The highest BCUT2D eigenvalue weighted by atomic mass is 15.3. The van der Waals surface area contributed by atoms with Gasteiger partial charge in [-0.1, -0.05) is 6.07 Å². The fraction of sp³-hybridized carbons (Fsp3) is 0.500. The van der Waals surface area contributed by atoms with Crippen molar-refractivity contribution in [2.75, 3.05) is 25.0 Å². The van der Waals surface area contributed by atoms with Crippen molar-refractivity contribution in [1.29, 1.82) is 0 Å². The van der Waals surface area contributed by atoms with Gasteiger partial charge in [-0.05, 0) is 73.8 Å². The number of nitrogens with zero attached hydrogens (tertiary/aromatic N) is 6. The summed E-state index contributed by atoms with van der Waals surface area (Å²) in [5.41, 5.74) is 5.52. The van der Waals surface area contributed by atoms with Crippen LogP contribution in [-0.4, -0.2) is 49.5 Å². The monoisotopic (exact) mass is 417 g/mol. The molecule has 5 rings (SSSR count). The third-order valence-corrected chi connectivity index (χ3v) is 7.02. The van der Waals surface area contributed by atoms with Gasteiger partial charge in [0.15, 0.2) is 0 Å². The fourth-order valence-corrected chi connectivity index (χ4v) is 5.43. The molecular weight excluding hydrogens is 386 g/mol. The second kappa shape index (κ2) is 8.38. The summed E-state index contributed by atoms with van der Waals surface area (Å²) >= 11 is 0. The van der Waals surface area contributed by atoms with Gasteiger partial charge in [-0.3, -0.25) is 14.6 Å². The van der Waals surface area contributed by atoms with Crippen LogP contribution < -0.4 is 5.32 Å². The van der Waals surface area contributed by atoms with E-state index >= 15 is 0 Å². The number of pyridine rings is 1. The van der Waals surface area contributed by atoms with Crippen molar-refractivity contribution in [2.45, 2.75) is 33.2 Å². The van der Waals surface area contributed by atoms with Crippen LogP contribution >= 0.6 is 0 Å². The molecule has 2 aliphatic rings. The smallest absolute Gasteiger partial charge is 0.148 e. The Balaban J connectivity index is 1.12. The van der Waals surface area contributed by atoms with Crippen LogP contribution in [0.2, 0.25) is 0 Å². The standard InChI is InChI=1S/C24H31N7/c1-16-5-4-8-25-22(16)15-31-13-19-9-18(10-20(19)14-31)12-26-23-7-6-21(28-29-23)24-17(2)11-27-30(24)3/h4-8,11,18-20H,9-10,12-15H2,1-3H3,(H,26,29)/t18-,19+,20?/m1/s1. The molecule has 7 nitrogen and oxygen atoms in total. The van der Waals surface area contributed by atoms with Gasteiger partial charge < -0.3 is 5.32 Å². The zero-order chi connectivity index (χ0) is 21.4. The van der Waals surface area contributed by atoms with Gasteiger partial charge in [0.2, 0.25) is 0 Å². The van der Waals surface area contributed by atoms with Crippen LogP contribution in [0, 0.1) is 31.6 Å². The number of hydrogen-bond donors (Lipinski definition) is 1. The molecule has 7 heteroatoms. The van der Waals surface area contributed by atoms with Crippen LogP contribution in [0.15, 0.2) is 36.7 Å². The van der Waals surface area contributed by atoms with Gasteiger partial charge >= 0.3 is 0 Å². The lowest BCUT2D eigenvalue weighted by Crippen LogP contribution is -2.24. The van der Waals surface area contributed by atoms with Crippen LogP contribution in [0.4, 0.5) is 5.82 Å². The molecule has 0 radical (unpaired) electrons. The summed E-state index contributed by atoms with van der Waals surface area (Å²) in [6.45, 7) is 8.58. The van der Waals surface area contributed by atoms with Crippen LogP contribution in [0.1, 0.15) is 29.7 Å². The molecule has 1 aliphatic carbocycles. The SMILES string of the molecule is Cc1cccnc1CN1CC2C[C@H](CNc3ccc(-c4c(C)cnn4C)nn3)C[C@H]2C1. The number of rotatable bonds is 6. The molecule has 0 amide bonds. The van der Waals surface area contributed by atoms with Gasteiger partial charge in [0.1, 0.15) is 11.5 Å². The van der Waals surface area contributed by atoms with Crippen molar-refractivity contribution in [3.05, 3.63) is 53.5 Å². The van der Waals surface area contributed by atoms with Gasteiger partial charge in [-0.25, -0.2) is 0 Å². The first kappa shape index (κ1) is 20.1. The fourth-order valence-electron chi connectivity index (χ4n) is 5.43. The quantitative estimate of drug-likeness (QED) is 0.662. The minimum absolute atomic E-state index is 0.717. The van der Waals surface area contributed by atoms with E-state index in [0.29, 0.717) is 0 Å². The summed E-state index contributed by atoms with van der Waals surface area (Å²) in [6, 6.07) is 8.24. The number of anilines is 1. The predicted molar refractivity (Wildman–Crippen MR) is 121 cm³/mol. The Morgan fingerprint density at radius 2 is 1.84 bits per heavy atom. The van der Waals surface area contributed by atoms with Gasteiger partial charge in [0, 0.05) is 39.4 Å². The highest BCUT2D eigenvalue weighted by molar-refractivity contribution is 5.59. The molecule has 1 N–H and O–H groups in total. The lowest BCUT2D eigenvalue weighted by molar-refractivity contribution is 0.288. The molecule has 1 saturated heterocycles. The zero-order valence-electron chi connectivity index (χ0n) is 18.6. The van der Waals surface area contributed by atoms with E-state index < -0.39 is 0 Å². The highest BCUT2D eigenvalue weighted by Gasteiger charge is 2.40. The van der Waals surface area contributed by atoms with Crippen LogP contribution in [0.5, 0.6) is 0 Å². The van der Waals surface area contributed by atoms with Crippen molar-refractivity contribution in [3.63, 3.8) is 0 Å². The van der Waals surface area contributed by atoms with Gasteiger partial charge in [-0.15, -0.1) is 10.2 Å². The molecule has 31 heavy (non-hydrogen) atoms. The van der Waals surface area contributed by atoms with Gasteiger partial charge in [0.25, 0.3) is 0 Å². The third kappa shape index (κ3) is 4.19. The number of nitrogens with one attached hydrogen (secondary N) is 1. The number of hydrogen-bond acceptors (Lipinski definition) is 6. The van der Waals surface area contributed by atoms with E-state index in [4.69, 9.17) is 0 Å². The van der Waals surface area contributed by atoms with E-state index in [-0.39, 0.29) is 0 Å². The van der Waals surface area contributed by atoms with Gasteiger partial charge in [-0.2, -0.15) is 5.10 Å². The van der Waals surface area contributed by atoms with Crippen molar-refractivity contribution in [2.24, 2.45) is 24.8 Å². The van der Waals surface area contributed by atoms with Gasteiger partial charge in [0.05, 0.1) is 17.6 Å². The maximum Gasteiger partial charge on any atom is 0.148 e. The predicted octanol–water partition coefficient (Wildman–Crippen LogP) is 3.46. The Morgan fingerprint density at radius 1 is 1.03 bits per heavy atom. The van der Waals surface area contributed by atoms with Crippen molar-refractivity contribution in [1.82, 2.24) is 29.9 Å². The van der Waals surface area contributed by atoms with Crippen molar-refractivity contribution >= 4 is 5.82 Å². The molecular formula is C24H31N7. The lowest BCUT2D eigenvalue weighted by Gasteiger charge is -2.19. The average molecular weight is 418 g/mol. The summed E-state index contributed by atoms with van der Waals surface area (Å²) < 4.78 is 1.85. The second-order valence-electron chi connectivity index (χ2n) is 9.30. The normalized spacial score (nSPS) is 23.3. The van der Waals surface area contributed by atoms with E-state index in [1.165, 1.54) is 37.2 Å². The average Bonchev–Trinajstić information content (AvgIpc) is 3.42. The minimum atomic E-state index is 0.717.